The third kappa shape index (κ3) is 4.58. The number of nitrogens with one attached hydrogen (secondary N) is 1. The average Bonchev–Trinajstić information content (AvgIpc) is 2.49. The van der Waals surface area contributed by atoms with Crippen LogP contribution in [-0.4, -0.2) is 17.0 Å². The largest absolute Gasteiger partial charge is 0.478 e. The Balaban J connectivity index is 2.21. The van der Waals surface area contributed by atoms with Gasteiger partial charge in [-0.25, -0.2) is 4.79 Å². The summed E-state index contributed by atoms with van der Waals surface area (Å²) in [6.07, 6.45) is 1.68. The van der Waals surface area contributed by atoms with E-state index in [2.05, 4.69) is 5.32 Å². The smallest absolute Gasteiger partial charge is 0.335 e. The number of benzene rings is 2. The maximum atomic E-state index is 12.2. The molecular weight excluding hydrogens is 337 g/mol. The SMILES string of the molecule is C/C(=C\c1cccc(Cl)c1)C(=O)Nc1cc(C(=O)O)ccc1Cl. The number of carboxylic acid groups (broad SMARTS) is 1. The van der Waals surface area contributed by atoms with E-state index in [1.165, 1.54) is 18.2 Å². The molecule has 0 aliphatic heterocycles. The average molecular weight is 350 g/mol. The van der Waals surface area contributed by atoms with Crippen molar-refractivity contribution in [2.24, 2.45) is 0 Å². The van der Waals surface area contributed by atoms with Crippen LogP contribution in [0.3, 0.4) is 0 Å². The summed E-state index contributed by atoms with van der Waals surface area (Å²) in [5, 5.41) is 12.4. The van der Waals surface area contributed by atoms with Crippen molar-refractivity contribution in [1.29, 1.82) is 0 Å². The van der Waals surface area contributed by atoms with Crippen LogP contribution in [0.15, 0.2) is 48.0 Å². The van der Waals surface area contributed by atoms with E-state index >= 15 is 0 Å². The minimum atomic E-state index is -1.09. The molecule has 0 aliphatic carbocycles. The van der Waals surface area contributed by atoms with Gasteiger partial charge in [-0.3, -0.25) is 4.79 Å². The maximum Gasteiger partial charge on any atom is 0.335 e. The molecule has 118 valence electrons. The van der Waals surface area contributed by atoms with Crippen LogP contribution >= 0.6 is 23.2 Å². The van der Waals surface area contributed by atoms with E-state index in [9.17, 15) is 9.59 Å². The maximum absolute atomic E-state index is 12.2. The standard InChI is InChI=1S/C17H13Cl2NO3/c1-10(7-11-3-2-4-13(18)8-11)16(21)20-15-9-12(17(22)23)5-6-14(15)19/h2-9H,1H3,(H,20,21)(H,22,23)/b10-7+. The van der Waals surface area contributed by atoms with Crippen LogP contribution in [-0.2, 0) is 4.79 Å². The predicted molar refractivity (Wildman–Crippen MR) is 92.1 cm³/mol. The highest BCUT2D eigenvalue weighted by atomic mass is 35.5. The monoisotopic (exact) mass is 349 g/mol. The lowest BCUT2D eigenvalue weighted by atomic mass is 10.1. The van der Waals surface area contributed by atoms with Gasteiger partial charge in [0.25, 0.3) is 5.91 Å². The van der Waals surface area contributed by atoms with E-state index in [4.69, 9.17) is 28.3 Å². The van der Waals surface area contributed by atoms with E-state index in [1.54, 1.807) is 31.2 Å². The molecule has 0 heterocycles. The zero-order chi connectivity index (χ0) is 17.0. The van der Waals surface area contributed by atoms with Crippen molar-refractivity contribution in [3.63, 3.8) is 0 Å². The molecular formula is C17H13Cl2NO3. The number of carbonyl (C=O) groups is 2. The lowest BCUT2D eigenvalue weighted by Crippen LogP contribution is -2.13. The molecule has 0 bridgehead atoms. The molecule has 0 fully saturated rings. The van der Waals surface area contributed by atoms with E-state index in [-0.39, 0.29) is 22.2 Å². The van der Waals surface area contributed by atoms with Crippen molar-refractivity contribution < 1.29 is 14.7 Å². The Labute approximate surface area is 143 Å². The van der Waals surface area contributed by atoms with Crippen molar-refractivity contribution >= 4 is 46.8 Å². The summed E-state index contributed by atoms with van der Waals surface area (Å²) in [5.41, 5.74) is 1.51. The Bertz CT molecular complexity index is 800. The van der Waals surface area contributed by atoms with Crippen LogP contribution in [0.1, 0.15) is 22.8 Å². The van der Waals surface area contributed by atoms with Crippen LogP contribution in [0.4, 0.5) is 5.69 Å². The van der Waals surface area contributed by atoms with Crippen LogP contribution in [0.5, 0.6) is 0 Å². The molecule has 0 saturated carbocycles. The fourth-order valence-corrected chi connectivity index (χ4v) is 2.25. The summed E-state index contributed by atoms with van der Waals surface area (Å²) in [5.74, 6) is -1.47. The first-order valence-electron chi connectivity index (χ1n) is 6.65. The zero-order valence-electron chi connectivity index (χ0n) is 12.1. The van der Waals surface area contributed by atoms with Crippen LogP contribution in [0, 0.1) is 0 Å². The number of amides is 1. The second-order valence-corrected chi connectivity index (χ2v) is 5.68. The fraction of sp³-hybridized carbons (Fsp3) is 0.0588. The van der Waals surface area contributed by atoms with Crippen LogP contribution in [0.25, 0.3) is 6.08 Å². The van der Waals surface area contributed by atoms with Crippen LogP contribution in [0.2, 0.25) is 10.0 Å². The molecule has 2 N–H and O–H groups in total. The molecule has 4 nitrogen and oxygen atoms in total. The minimum Gasteiger partial charge on any atom is -0.478 e. The highest BCUT2D eigenvalue weighted by molar-refractivity contribution is 6.34. The molecule has 0 aliphatic rings. The van der Waals surface area contributed by atoms with Gasteiger partial charge in [-0.15, -0.1) is 0 Å². The topological polar surface area (TPSA) is 66.4 Å². The van der Waals surface area contributed by atoms with E-state index in [0.29, 0.717) is 10.6 Å². The second-order valence-electron chi connectivity index (χ2n) is 4.84. The van der Waals surface area contributed by atoms with Gasteiger partial charge >= 0.3 is 5.97 Å². The molecule has 6 heteroatoms. The number of rotatable bonds is 4. The van der Waals surface area contributed by atoms with E-state index in [1.807, 2.05) is 6.07 Å². The number of aromatic carboxylic acids is 1. The summed E-state index contributed by atoms with van der Waals surface area (Å²) in [6, 6.07) is 11.2. The van der Waals surface area contributed by atoms with Gasteiger partial charge in [0.1, 0.15) is 0 Å². The number of hydrogen-bond acceptors (Lipinski definition) is 2. The number of halogens is 2. The van der Waals surface area contributed by atoms with Crippen molar-refractivity contribution in [3.8, 4) is 0 Å². The molecule has 0 atom stereocenters. The lowest BCUT2D eigenvalue weighted by Gasteiger charge is -2.08. The van der Waals surface area contributed by atoms with Crippen molar-refractivity contribution in [3.05, 3.63) is 69.2 Å². The first-order valence-corrected chi connectivity index (χ1v) is 7.40. The molecule has 0 spiro atoms. The highest BCUT2D eigenvalue weighted by Gasteiger charge is 2.11. The molecule has 2 aromatic carbocycles. The molecule has 0 unspecified atom stereocenters. The molecule has 2 aromatic rings. The summed E-state index contributed by atoms with van der Waals surface area (Å²) in [6.45, 7) is 1.64. The van der Waals surface area contributed by atoms with Crippen molar-refractivity contribution in [2.45, 2.75) is 6.92 Å². The lowest BCUT2D eigenvalue weighted by molar-refractivity contribution is -0.112. The van der Waals surface area contributed by atoms with Crippen molar-refractivity contribution in [1.82, 2.24) is 0 Å². The number of carbonyl (C=O) groups excluding carboxylic acids is 1. The first-order chi connectivity index (χ1) is 10.9. The van der Waals surface area contributed by atoms with Gasteiger partial charge in [-0.1, -0.05) is 35.3 Å². The predicted octanol–water partition coefficient (Wildman–Crippen LogP) is 4.73. The Hall–Kier alpha value is -2.30. The first kappa shape index (κ1) is 17.1. The fourth-order valence-electron chi connectivity index (χ4n) is 1.89. The molecule has 0 radical (unpaired) electrons. The Morgan fingerprint density at radius 2 is 1.87 bits per heavy atom. The normalized spacial score (nSPS) is 11.2. The molecule has 1 amide bonds. The third-order valence-corrected chi connectivity index (χ3v) is 3.62. The Kier molecular flexibility index (Phi) is 5.42. The van der Waals surface area contributed by atoms with Crippen molar-refractivity contribution in [2.75, 3.05) is 5.32 Å². The third-order valence-electron chi connectivity index (χ3n) is 3.05. The van der Waals surface area contributed by atoms with Gasteiger partial charge in [-0.05, 0) is 48.9 Å². The van der Waals surface area contributed by atoms with Gasteiger partial charge in [0.2, 0.25) is 0 Å². The molecule has 0 saturated heterocycles. The Morgan fingerprint density at radius 1 is 1.13 bits per heavy atom. The number of anilines is 1. The highest BCUT2D eigenvalue weighted by Crippen LogP contribution is 2.24. The minimum absolute atomic E-state index is 0.0428. The molecule has 0 aromatic heterocycles. The van der Waals surface area contributed by atoms with Crippen LogP contribution < -0.4 is 5.32 Å². The van der Waals surface area contributed by atoms with Gasteiger partial charge < -0.3 is 10.4 Å². The zero-order valence-corrected chi connectivity index (χ0v) is 13.7. The van der Waals surface area contributed by atoms with E-state index < -0.39 is 5.97 Å². The van der Waals surface area contributed by atoms with Gasteiger partial charge in [0, 0.05) is 10.6 Å². The van der Waals surface area contributed by atoms with Gasteiger partial charge in [-0.2, -0.15) is 0 Å². The van der Waals surface area contributed by atoms with Gasteiger partial charge in [0.15, 0.2) is 0 Å². The summed E-state index contributed by atoms with van der Waals surface area (Å²) in [7, 11) is 0. The van der Waals surface area contributed by atoms with Gasteiger partial charge in [0.05, 0.1) is 16.3 Å². The summed E-state index contributed by atoms with van der Waals surface area (Å²) < 4.78 is 0. The summed E-state index contributed by atoms with van der Waals surface area (Å²) in [4.78, 5) is 23.2. The Morgan fingerprint density at radius 3 is 2.52 bits per heavy atom. The molecule has 23 heavy (non-hydrogen) atoms. The second kappa shape index (κ2) is 7.31. The summed E-state index contributed by atoms with van der Waals surface area (Å²) >= 11 is 11.9. The quantitative estimate of drug-likeness (QED) is 0.783. The number of hydrogen-bond donors (Lipinski definition) is 2. The van der Waals surface area contributed by atoms with E-state index in [0.717, 1.165) is 5.56 Å². The number of carboxylic acids is 1. The molecule has 2 rings (SSSR count).